The molecule has 1 saturated heterocycles. The molecule has 4 unspecified atom stereocenters. The Morgan fingerprint density at radius 1 is 1.36 bits per heavy atom. The zero-order valence-electron chi connectivity index (χ0n) is 15.3. The smallest absolute Gasteiger partial charge is 0.407 e. The van der Waals surface area contributed by atoms with Crippen molar-refractivity contribution in [2.24, 2.45) is 5.73 Å². The van der Waals surface area contributed by atoms with E-state index in [0.29, 0.717) is 13.0 Å². The molecular weight excluding hydrogens is 320 g/mol. The maximum Gasteiger partial charge on any atom is 0.407 e. The molecule has 0 aliphatic carbocycles. The molecule has 1 amide bonds. The number of amides is 1. The van der Waals surface area contributed by atoms with Gasteiger partial charge >= 0.3 is 6.09 Å². The number of hydrogen-bond acceptors (Lipinski definition) is 5. The molecule has 0 spiro atoms. The number of nitrogens with one attached hydrogen (secondary N) is 1. The molecule has 1 heterocycles. The van der Waals surface area contributed by atoms with Gasteiger partial charge in [-0.1, -0.05) is 30.3 Å². The van der Waals surface area contributed by atoms with E-state index in [9.17, 15) is 9.90 Å². The van der Waals surface area contributed by atoms with Crippen molar-refractivity contribution in [1.82, 2.24) is 5.32 Å². The van der Waals surface area contributed by atoms with Crippen LogP contribution in [0, 0.1) is 0 Å². The summed E-state index contributed by atoms with van der Waals surface area (Å²) in [4.78, 5) is 12.2. The second-order valence-electron chi connectivity index (χ2n) is 7.50. The van der Waals surface area contributed by atoms with E-state index in [2.05, 4.69) is 5.32 Å². The molecule has 0 saturated carbocycles. The van der Waals surface area contributed by atoms with Gasteiger partial charge in [-0.15, -0.1) is 0 Å². The largest absolute Gasteiger partial charge is 0.444 e. The van der Waals surface area contributed by atoms with E-state index in [1.807, 2.05) is 51.1 Å². The van der Waals surface area contributed by atoms with E-state index in [4.69, 9.17) is 15.2 Å². The molecule has 4 atom stereocenters. The molecule has 0 bridgehead atoms. The third-order valence-corrected chi connectivity index (χ3v) is 4.06. The van der Waals surface area contributed by atoms with Crippen LogP contribution in [0.2, 0.25) is 0 Å². The molecule has 4 N–H and O–H groups in total. The lowest BCUT2D eigenvalue weighted by atomic mass is 9.97. The third kappa shape index (κ3) is 6.65. The highest BCUT2D eigenvalue weighted by atomic mass is 16.6. The van der Waals surface area contributed by atoms with Gasteiger partial charge < -0.3 is 25.6 Å². The lowest BCUT2D eigenvalue weighted by Gasteiger charge is -2.26. The Hall–Kier alpha value is -1.63. The van der Waals surface area contributed by atoms with Crippen molar-refractivity contribution < 1.29 is 19.4 Å². The van der Waals surface area contributed by atoms with Gasteiger partial charge in [-0.3, -0.25) is 0 Å². The Labute approximate surface area is 149 Å². The molecule has 1 aliphatic rings. The first-order valence-electron chi connectivity index (χ1n) is 8.87. The minimum Gasteiger partial charge on any atom is -0.444 e. The number of ether oxygens (including phenoxy) is 2. The zero-order chi connectivity index (χ0) is 18.4. The van der Waals surface area contributed by atoms with Gasteiger partial charge in [-0.25, -0.2) is 4.79 Å². The van der Waals surface area contributed by atoms with Gasteiger partial charge in [0.25, 0.3) is 0 Å². The van der Waals surface area contributed by atoms with E-state index in [-0.39, 0.29) is 12.2 Å². The van der Waals surface area contributed by atoms with Crippen molar-refractivity contribution in [3.8, 4) is 0 Å². The first kappa shape index (κ1) is 19.7. The summed E-state index contributed by atoms with van der Waals surface area (Å²) >= 11 is 0. The van der Waals surface area contributed by atoms with Crippen LogP contribution in [0.1, 0.15) is 39.2 Å². The molecule has 1 aliphatic heterocycles. The molecule has 2 rings (SSSR count). The Kier molecular flexibility index (Phi) is 6.81. The monoisotopic (exact) mass is 350 g/mol. The number of nitrogens with two attached hydrogens (primary N) is 1. The van der Waals surface area contributed by atoms with Crippen molar-refractivity contribution >= 4 is 6.09 Å². The highest BCUT2D eigenvalue weighted by Gasteiger charge is 2.47. The summed E-state index contributed by atoms with van der Waals surface area (Å²) in [7, 11) is 0. The van der Waals surface area contributed by atoms with Crippen LogP contribution in [-0.4, -0.2) is 47.7 Å². The fraction of sp³-hybridized carbons (Fsp3) is 0.632. The number of epoxide rings is 1. The number of benzene rings is 1. The van der Waals surface area contributed by atoms with E-state index in [0.717, 1.165) is 18.4 Å². The number of aliphatic hydroxyl groups is 1. The van der Waals surface area contributed by atoms with Crippen molar-refractivity contribution in [2.45, 2.75) is 70.0 Å². The van der Waals surface area contributed by atoms with Crippen LogP contribution in [0.4, 0.5) is 4.79 Å². The number of carbonyl (C=O) groups is 1. The van der Waals surface area contributed by atoms with E-state index >= 15 is 0 Å². The van der Waals surface area contributed by atoms with Crippen LogP contribution < -0.4 is 11.1 Å². The van der Waals surface area contributed by atoms with E-state index in [1.165, 1.54) is 0 Å². The van der Waals surface area contributed by atoms with Gasteiger partial charge in [0, 0.05) is 0 Å². The molecule has 1 aromatic carbocycles. The Bertz CT molecular complexity index is 544. The molecule has 25 heavy (non-hydrogen) atoms. The fourth-order valence-electron chi connectivity index (χ4n) is 2.82. The molecule has 6 heteroatoms. The average molecular weight is 350 g/mol. The summed E-state index contributed by atoms with van der Waals surface area (Å²) in [5, 5.41) is 13.5. The van der Waals surface area contributed by atoms with Gasteiger partial charge in [0.1, 0.15) is 17.8 Å². The SMILES string of the molecule is CC(C)(C)OC(=O)NC(Cc1ccccc1)C(O)C1OC1CCCN. The first-order valence-corrected chi connectivity index (χ1v) is 8.87. The summed E-state index contributed by atoms with van der Waals surface area (Å²) in [6.45, 7) is 6.03. The minimum absolute atomic E-state index is 0.0114. The summed E-state index contributed by atoms with van der Waals surface area (Å²) in [5.41, 5.74) is 5.96. The van der Waals surface area contributed by atoms with Crippen molar-refractivity contribution in [2.75, 3.05) is 6.54 Å². The average Bonchev–Trinajstić information content (AvgIpc) is 3.30. The number of hydrogen-bond donors (Lipinski definition) is 3. The van der Waals surface area contributed by atoms with E-state index in [1.54, 1.807) is 0 Å². The molecule has 0 aromatic heterocycles. The standard InChI is InChI=1S/C19H30N2O4/c1-19(2,3)25-18(23)21-14(12-13-8-5-4-6-9-13)16(22)17-15(24-17)10-7-11-20/h4-6,8-9,14-17,22H,7,10-12,20H2,1-3H3,(H,21,23). The van der Waals surface area contributed by atoms with Gasteiger partial charge in [-0.05, 0) is 52.1 Å². The first-order chi connectivity index (χ1) is 11.8. The predicted molar refractivity (Wildman–Crippen MR) is 96.3 cm³/mol. The van der Waals surface area contributed by atoms with Crippen LogP contribution in [0.3, 0.4) is 0 Å². The second-order valence-corrected chi connectivity index (χ2v) is 7.50. The van der Waals surface area contributed by atoms with Crippen LogP contribution in [0.15, 0.2) is 30.3 Å². The van der Waals surface area contributed by atoms with Gasteiger partial charge in [0.2, 0.25) is 0 Å². The Morgan fingerprint density at radius 3 is 2.64 bits per heavy atom. The zero-order valence-corrected chi connectivity index (χ0v) is 15.3. The fourth-order valence-corrected chi connectivity index (χ4v) is 2.82. The number of alkyl carbamates (subject to hydrolysis) is 1. The molecule has 1 fully saturated rings. The molecule has 140 valence electrons. The quantitative estimate of drug-likeness (QED) is 0.623. The van der Waals surface area contributed by atoms with Crippen LogP contribution >= 0.6 is 0 Å². The van der Waals surface area contributed by atoms with Gasteiger partial charge in [0.15, 0.2) is 0 Å². The summed E-state index contributed by atoms with van der Waals surface area (Å²) in [5.74, 6) is 0. The highest BCUT2D eigenvalue weighted by Crippen LogP contribution is 2.31. The highest BCUT2D eigenvalue weighted by molar-refractivity contribution is 5.68. The Morgan fingerprint density at radius 2 is 2.04 bits per heavy atom. The number of aliphatic hydroxyl groups excluding tert-OH is 1. The van der Waals surface area contributed by atoms with E-state index < -0.39 is 23.8 Å². The van der Waals surface area contributed by atoms with Crippen molar-refractivity contribution in [3.63, 3.8) is 0 Å². The van der Waals surface area contributed by atoms with Crippen molar-refractivity contribution in [1.29, 1.82) is 0 Å². The van der Waals surface area contributed by atoms with Crippen LogP contribution in [-0.2, 0) is 15.9 Å². The van der Waals surface area contributed by atoms with Crippen LogP contribution in [0.5, 0.6) is 0 Å². The lowest BCUT2D eigenvalue weighted by Crippen LogP contribution is -2.49. The number of carbonyl (C=O) groups excluding carboxylic acids is 1. The molecular formula is C19H30N2O4. The maximum absolute atomic E-state index is 12.2. The summed E-state index contributed by atoms with van der Waals surface area (Å²) < 4.78 is 10.9. The maximum atomic E-state index is 12.2. The van der Waals surface area contributed by atoms with Crippen molar-refractivity contribution in [3.05, 3.63) is 35.9 Å². The minimum atomic E-state index is -0.796. The summed E-state index contributed by atoms with van der Waals surface area (Å²) in [6, 6.07) is 9.26. The second kappa shape index (κ2) is 8.65. The molecule has 0 radical (unpaired) electrons. The lowest BCUT2D eigenvalue weighted by molar-refractivity contribution is 0.0387. The van der Waals surface area contributed by atoms with Gasteiger partial charge in [-0.2, -0.15) is 0 Å². The van der Waals surface area contributed by atoms with Crippen LogP contribution in [0.25, 0.3) is 0 Å². The summed E-state index contributed by atoms with van der Waals surface area (Å²) in [6.07, 6.45) is 0.596. The topological polar surface area (TPSA) is 97.1 Å². The third-order valence-electron chi connectivity index (χ3n) is 4.06. The molecule has 6 nitrogen and oxygen atoms in total. The Balaban J connectivity index is 2.00. The number of rotatable bonds is 8. The normalized spacial score (nSPS) is 22.1. The molecule has 1 aromatic rings. The predicted octanol–water partition coefficient (Wildman–Crippen LogP) is 1.99. The van der Waals surface area contributed by atoms with Gasteiger partial charge in [0.05, 0.1) is 12.1 Å².